The lowest BCUT2D eigenvalue weighted by Crippen LogP contribution is -2.63. The van der Waals surface area contributed by atoms with Crippen molar-refractivity contribution in [1.82, 2.24) is 0 Å². The molecular formula is C34H38N2. The van der Waals surface area contributed by atoms with Crippen molar-refractivity contribution in [3.8, 4) is 0 Å². The summed E-state index contributed by atoms with van der Waals surface area (Å²) in [5.74, 6) is 1.00. The molecule has 1 aliphatic heterocycles. The monoisotopic (exact) mass is 474 g/mol. The van der Waals surface area contributed by atoms with E-state index < -0.39 is 0 Å². The summed E-state index contributed by atoms with van der Waals surface area (Å²) in [5, 5.41) is 0. The van der Waals surface area contributed by atoms with Crippen molar-refractivity contribution in [2.24, 2.45) is 44.0 Å². The summed E-state index contributed by atoms with van der Waals surface area (Å²) in [7, 11) is 0. The van der Waals surface area contributed by atoms with E-state index in [1.54, 1.807) is 5.57 Å². The van der Waals surface area contributed by atoms with Crippen molar-refractivity contribution < 1.29 is 0 Å². The number of rotatable bonds is 2. The number of aliphatic imine (C=N–C) groups is 2. The first-order valence-corrected chi connectivity index (χ1v) is 13.5. The number of hydrogen-bond donors (Lipinski definition) is 0. The van der Waals surface area contributed by atoms with Gasteiger partial charge in [-0.25, -0.2) is 0 Å². The standard InChI is InChI=1S/C34H38N2/c1-32(2,3)26-21-34(33(4,5)6)25-18-17-24(28(25)29(26)30-31(34)36-20-19-35-30)27(22-13-9-7-10-14-22)23-15-11-8-12-16-23/h7-18,21,25,28-29H,19-20H2,1-6H3/t25-,28+,29+,34-/m1/s1. The van der Waals surface area contributed by atoms with Crippen LogP contribution < -0.4 is 0 Å². The van der Waals surface area contributed by atoms with Gasteiger partial charge in [0.1, 0.15) is 0 Å². The summed E-state index contributed by atoms with van der Waals surface area (Å²) in [6, 6.07) is 21.9. The number of allylic oxidation sites excluding steroid dienone is 5. The largest absolute Gasteiger partial charge is 0.285 e. The van der Waals surface area contributed by atoms with Gasteiger partial charge >= 0.3 is 0 Å². The van der Waals surface area contributed by atoms with Crippen LogP contribution in [0, 0.1) is 34.0 Å². The fourth-order valence-corrected chi connectivity index (χ4v) is 7.41. The van der Waals surface area contributed by atoms with Gasteiger partial charge < -0.3 is 0 Å². The van der Waals surface area contributed by atoms with Gasteiger partial charge in [0, 0.05) is 23.2 Å². The summed E-state index contributed by atoms with van der Waals surface area (Å²) in [4.78, 5) is 10.5. The van der Waals surface area contributed by atoms with Crippen LogP contribution in [0.4, 0.5) is 0 Å². The Hall–Kier alpha value is -3.00. The fraction of sp³-hybridized carbons (Fsp3) is 0.412. The van der Waals surface area contributed by atoms with E-state index in [4.69, 9.17) is 9.98 Å². The number of benzene rings is 2. The normalized spacial score (nSPS) is 28.8. The number of nitrogens with zero attached hydrogens (tertiary/aromatic N) is 2. The topological polar surface area (TPSA) is 24.7 Å². The molecule has 2 aromatic rings. The average Bonchev–Trinajstić information content (AvgIpc) is 3.30. The van der Waals surface area contributed by atoms with Gasteiger partial charge in [0.25, 0.3) is 0 Å². The molecule has 0 N–H and O–H groups in total. The molecule has 36 heavy (non-hydrogen) atoms. The van der Waals surface area contributed by atoms with Crippen molar-refractivity contribution in [2.45, 2.75) is 41.5 Å². The first-order chi connectivity index (χ1) is 17.1. The molecule has 2 nitrogen and oxygen atoms in total. The maximum atomic E-state index is 5.25. The minimum absolute atomic E-state index is 0.00813. The average molecular weight is 475 g/mol. The quantitative estimate of drug-likeness (QED) is 0.396. The lowest BCUT2D eigenvalue weighted by Gasteiger charge is -2.61. The van der Waals surface area contributed by atoms with Crippen LogP contribution in [0.25, 0.3) is 5.57 Å². The molecule has 0 amide bonds. The van der Waals surface area contributed by atoms with Crippen LogP contribution in [0.15, 0.2) is 100 Å². The second kappa shape index (κ2) is 8.00. The lowest BCUT2D eigenvalue weighted by molar-refractivity contribution is 0.107. The highest BCUT2D eigenvalue weighted by atomic mass is 14.9. The van der Waals surface area contributed by atoms with Gasteiger partial charge in [-0.3, -0.25) is 9.98 Å². The van der Waals surface area contributed by atoms with Crippen molar-refractivity contribution in [1.29, 1.82) is 0 Å². The molecule has 1 fully saturated rings. The van der Waals surface area contributed by atoms with Gasteiger partial charge in [-0.1, -0.05) is 126 Å². The summed E-state index contributed by atoms with van der Waals surface area (Å²) in [5.41, 5.74) is 9.38. The molecule has 7 rings (SSSR count). The van der Waals surface area contributed by atoms with Crippen LogP contribution >= 0.6 is 0 Å². The molecule has 184 valence electrons. The maximum absolute atomic E-state index is 5.25. The molecule has 1 heterocycles. The first-order valence-electron chi connectivity index (χ1n) is 13.5. The maximum Gasteiger partial charge on any atom is 0.0676 e. The molecule has 4 atom stereocenters. The predicted octanol–water partition coefficient (Wildman–Crippen LogP) is 7.83. The van der Waals surface area contributed by atoms with Gasteiger partial charge in [-0.2, -0.15) is 0 Å². The minimum Gasteiger partial charge on any atom is -0.285 e. The Morgan fingerprint density at radius 3 is 1.94 bits per heavy atom. The molecular weight excluding hydrogens is 436 g/mol. The van der Waals surface area contributed by atoms with Crippen LogP contribution in [-0.2, 0) is 0 Å². The fourth-order valence-electron chi connectivity index (χ4n) is 7.41. The molecule has 0 spiro atoms. The molecule has 2 heteroatoms. The Morgan fingerprint density at radius 1 is 0.806 bits per heavy atom. The van der Waals surface area contributed by atoms with Crippen molar-refractivity contribution in [3.05, 3.63) is 101 Å². The Kier molecular flexibility index (Phi) is 5.20. The first kappa shape index (κ1) is 23.4. The summed E-state index contributed by atoms with van der Waals surface area (Å²) >= 11 is 0. The predicted molar refractivity (Wildman–Crippen MR) is 153 cm³/mol. The molecule has 4 aliphatic carbocycles. The molecule has 1 saturated carbocycles. The molecule has 0 saturated heterocycles. The van der Waals surface area contributed by atoms with Gasteiger partial charge in [0.2, 0.25) is 0 Å². The minimum atomic E-state index is -0.162. The van der Waals surface area contributed by atoms with Gasteiger partial charge in [0.05, 0.1) is 24.5 Å². The van der Waals surface area contributed by atoms with E-state index in [1.165, 1.54) is 33.7 Å². The van der Waals surface area contributed by atoms with E-state index in [0.717, 1.165) is 13.1 Å². The van der Waals surface area contributed by atoms with Crippen LogP contribution in [0.2, 0.25) is 0 Å². The van der Waals surface area contributed by atoms with Gasteiger partial charge in [-0.05, 0) is 33.1 Å². The molecule has 5 aliphatic rings. The Labute approximate surface area is 216 Å². The summed E-state index contributed by atoms with van der Waals surface area (Å²) < 4.78 is 0. The molecule has 2 bridgehead atoms. The Bertz CT molecular complexity index is 1300. The Balaban J connectivity index is 1.68. The zero-order valence-corrected chi connectivity index (χ0v) is 22.5. The van der Waals surface area contributed by atoms with E-state index in [0.29, 0.717) is 11.8 Å². The third-order valence-electron chi connectivity index (χ3n) is 8.93. The SMILES string of the molecule is CC(C)(C)C1=C[C@]2(C(C)(C)C)C3=NCCN=C3[C@@H]1[C@H]1C(=C(c3ccccc3)c3ccccc3)C=C[C@H]12. The highest BCUT2D eigenvalue weighted by molar-refractivity contribution is 6.48. The summed E-state index contributed by atoms with van der Waals surface area (Å²) in [6.07, 6.45) is 7.63. The zero-order valence-electron chi connectivity index (χ0n) is 22.5. The van der Waals surface area contributed by atoms with Gasteiger partial charge in [-0.15, -0.1) is 0 Å². The Morgan fingerprint density at radius 2 is 1.39 bits per heavy atom. The van der Waals surface area contributed by atoms with Crippen molar-refractivity contribution in [3.63, 3.8) is 0 Å². The smallest absolute Gasteiger partial charge is 0.0676 e. The van der Waals surface area contributed by atoms with E-state index in [2.05, 4.69) is 120 Å². The van der Waals surface area contributed by atoms with E-state index in [-0.39, 0.29) is 22.2 Å². The second-order valence-corrected chi connectivity index (χ2v) is 12.9. The third-order valence-corrected chi connectivity index (χ3v) is 8.93. The zero-order chi connectivity index (χ0) is 25.3. The van der Waals surface area contributed by atoms with Crippen molar-refractivity contribution in [2.75, 3.05) is 13.1 Å². The number of hydrogen-bond acceptors (Lipinski definition) is 2. The molecule has 0 unspecified atom stereocenters. The molecule has 0 aromatic heterocycles. The van der Waals surface area contributed by atoms with Crippen LogP contribution in [-0.4, -0.2) is 24.5 Å². The highest BCUT2D eigenvalue weighted by Gasteiger charge is 2.65. The summed E-state index contributed by atoms with van der Waals surface area (Å²) in [6.45, 7) is 16.0. The highest BCUT2D eigenvalue weighted by Crippen LogP contribution is 2.67. The molecule has 2 aromatic carbocycles. The van der Waals surface area contributed by atoms with Crippen LogP contribution in [0.5, 0.6) is 0 Å². The van der Waals surface area contributed by atoms with E-state index >= 15 is 0 Å². The molecule has 0 radical (unpaired) electrons. The lowest BCUT2D eigenvalue weighted by atomic mass is 9.42. The van der Waals surface area contributed by atoms with Gasteiger partial charge in [0.15, 0.2) is 0 Å². The van der Waals surface area contributed by atoms with Crippen molar-refractivity contribution >= 4 is 17.0 Å². The van der Waals surface area contributed by atoms with E-state index in [1.807, 2.05) is 0 Å². The third kappa shape index (κ3) is 3.23. The second-order valence-electron chi connectivity index (χ2n) is 12.9. The van der Waals surface area contributed by atoms with Crippen LogP contribution in [0.3, 0.4) is 0 Å². The van der Waals surface area contributed by atoms with Crippen LogP contribution in [0.1, 0.15) is 52.7 Å². The van der Waals surface area contributed by atoms with E-state index in [9.17, 15) is 0 Å².